The Hall–Kier alpha value is -2.76. The van der Waals surface area contributed by atoms with Crippen molar-refractivity contribution in [1.29, 1.82) is 0 Å². The summed E-state index contributed by atoms with van der Waals surface area (Å²) in [7, 11) is 0. The summed E-state index contributed by atoms with van der Waals surface area (Å²) in [6.45, 7) is 3.62. The molecule has 35 heavy (non-hydrogen) atoms. The molecule has 3 aromatic rings. The predicted molar refractivity (Wildman–Crippen MR) is 135 cm³/mol. The molecule has 0 bridgehead atoms. The van der Waals surface area contributed by atoms with Crippen molar-refractivity contribution in [2.24, 2.45) is 0 Å². The number of ether oxygens (including phenoxy) is 1. The SMILES string of the molecule is O=C(O)Cn1cc(Nc2nc(NC3CCC(N4CCOCC4)CC3)c3c4c(sc3n2)CCC4)cn1. The number of aryl methyl sites for hydroxylation is 2. The highest BCUT2D eigenvalue weighted by atomic mass is 32.1. The van der Waals surface area contributed by atoms with Crippen LogP contribution in [0.15, 0.2) is 12.4 Å². The number of fused-ring (bicyclic) bond motifs is 3. The Bertz CT molecular complexity index is 1210. The Morgan fingerprint density at radius 2 is 2.00 bits per heavy atom. The van der Waals surface area contributed by atoms with Crippen LogP contribution in [-0.4, -0.2) is 74.1 Å². The Labute approximate surface area is 207 Å². The fraction of sp³-hybridized carbons (Fsp3) is 0.583. The monoisotopic (exact) mass is 497 g/mol. The molecule has 10 nitrogen and oxygen atoms in total. The van der Waals surface area contributed by atoms with Crippen molar-refractivity contribution >= 4 is 45.0 Å². The van der Waals surface area contributed by atoms with Crippen LogP contribution >= 0.6 is 11.3 Å². The van der Waals surface area contributed by atoms with Crippen molar-refractivity contribution in [2.45, 2.75) is 63.6 Å². The van der Waals surface area contributed by atoms with Crippen LogP contribution in [0.2, 0.25) is 0 Å². The second kappa shape index (κ2) is 9.71. The fourth-order valence-electron chi connectivity index (χ4n) is 5.66. The lowest BCUT2D eigenvalue weighted by Gasteiger charge is -2.39. The van der Waals surface area contributed by atoms with Gasteiger partial charge in [-0.2, -0.15) is 10.1 Å². The van der Waals surface area contributed by atoms with Crippen LogP contribution in [0.3, 0.4) is 0 Å². The van der Waals surface area contributed by atoms with Gasteiger partial charge in [0.05, 0.1) is 30.5 Å². The summed E-state index contributed by atoms with van der Waals surface area (Å²) in [6, 6.07) is 1.06. The van der Waals surface area contributed by atoms with Gasteiger partial charge in [-0.3, -0.25) is 14.4 Å². The van der Waals surface area contributed by atoms with Gasteiger partial charge in [0.25, 0.3) is 0 Å². The van der Waals surface area contributed by atoms with Gasteiger partial charge in [-0.15, -0.1) is 11.3 Å². The molecule has 2 fully saturated rings. The number of aliphatic carboxylic acids is 1. The van der Waals surface area contributed by atoms with Gasteiger partial charge in [0.2, 0.25) is 5.95 Å². The molecular weight excluding hydrogens is 466 g/mol. The van der Waals surface area contributed by atoms with E-state index < -0.39 is 5.97 Å². The van der Waals surface area contributed by atoms with Crippen LogP contribution < -0.4 is 10.6 Å². The summed E-state index contributed by atoms with van der Waals surface area (Å²) in [5.74, 6) is 0.502. The fourth-order valence-corrected chi connectivity index (χ4v) is 6.92. The van der Waals surface area contributed by atoms with E-state index in [1.54, 1.807) is 23.7 Å². The van der Waals surface area contributed by atoms with E-state index in [4.69, 9.17) is 19.8 Å². The Kier molecular flexibility index (Phi) is 6.29. The molecule has 1 saturated carbocycles. The zero-order valence-corrected chi connectivity index (χ0v) is 20.5. The predicted octanol–water partition coefficient (Wildman–Crippen LogP) is 3.26. The molecular formula is C24H31N7O3S. The second-order valence-electron chi connectivity index (χ2n) is 9.68. The smallest absolute Gasteiger partial charge is 0.325 e. The number of hydrogen-bond donors (Lipinski definition) is 3. The molecule has 3 N–H and O–H groups in total. The van der Waals surface area contributed by atoms with E-state index in [9.17, 15) is 4.79 Å². The highest BCUT2D eigenvalue weighted by Gasteiger charge is 2.29. The molecule has 0 spiro atoms. The van der Waals surface area contributed by atoms with Crippen LogP contribution in [0.4, 0.5) is 17.5 Å². The molecule has 0 atom stereocenters. The molecule has 6 rings (SSSR count). The molecule has 0 aromatic carbocycles. The van der Waals surface area contributed by atoms with Crippen LogP contribution in [0.5, 0.6) is 0 Å². The van der Waals surface area contributed by atoms with E-state index in [0.29, 0.717) is 23.7 Å². The Morgan fingerprint density at radius 1 is 1.17 bits per heavy atom. The Balaban J connectivity index is 1.21. The molecule has 3 aromatic heterocycles. The van der Waals surface area contributed by atoms with Gasteiger partial charge < -0.3 is 20.5 Å². The highest BCUT2D eigenvalue weighted by molar-refractivity contribution is 7.19. The average Bonchev–Trinajstić information content (AvgIpc) is 3.56. The maximum atomic E-state index is 11.0. The summed E-state index contributed by atoms with van der Waals surface area (Å²) in [5.41, 5.74) is 2.09. The number of nitrogens with one attached hydrogen (secondary N) is 2. The zero-order valence-electron chi connectivity index (χ0n) is 19.7. The first-order valence-corrected chi connectivity index (χ1v) is 13.4. The lowest BCUT2D eigenvalue weighted by atomic mass is 9.90. The van der Waals surface area contributed by atoms with Gasteiger partial charge in [-0.05, 0) is 50.5 Å². The molecule has 2 aliphatic carbocycles. The van der Waals surface area contributed by atoms with Crippen molar-refractivity contribution in [3.8, 4) is 0 Å². The van der Waals surface area contributed by atoms with Gasteiger partial charge in [0.1, 0.15) is 17.2 Å². The van der Waals surface area contributed by atoms with Crippen molar-refractivity contribution in [2.75, 3.05) is 36.9 Å². The van der Waals surface area contributed by atoms with Gasteiger partial charge in [-0.25, -0.2) is 4.98 Å². The third-order valence-electron chi connectivity index (χ3n) is 7.35. The molecule has 1 saturated heterocycles. The summed E-state index contributed by atoms with van der Waals surface area (Å²) >= 11 is 1.77. The first kappa shape index (κ1) is 22.7. The minimum absolute atomic E-state index is 0.181. The number of nitrogens with zero attached hydrogens (tertiary/aromatic N) is 5. The normalized spacial score (nSPS) is 22.9. The number of carbonyl (C=O) groups is 1. The summed E-state index contributed by atoms with van der Waals surface area (Å²) in [6.07, 6.45) is 11.3. The largest absolute Gasteiger partial charge is 0.480 e. The van der Waals surface area contributed by atoms with E-state index in [0.717, 1.165) is 62.6 Å². The second-order valence-corrected chi connectivity index (χ2v) is 10.8. The van der Waals surface area contributed by atoms with Crippen LogP contribution in [0.1, 0.15) is 42.5 Å². The van der Waals surface area contributed by atoms with E-state index >= 15 is 0 Å². The third-order valence-corrected chi connectivity index (χ3v) is 8.54. The number of anilines is 3. The van der Waals surface area contributed by atoms with E-state index in [2.05, 4.69) is 20.6 Å². The van der Waals surface area contributed by atoms with E-state index in [1.165, 1.54) is 39.8 Å². The number of morpholine rings is 1. The highest BCUT2D eigenvalue weighted by Crippen LogP contribution is 2.41. The van der Waals surface area contributed by atoms with Crippen LogP contribution in [-0.2, 0) is 28.9 Å². The van der Waals surface area contributed by atoms with E-state index in [1.807, 2.05) is 0 Å². The number of rotatable bonds is 7. The number of carboxylic acid groups (broad SMARTS) is 1. The van der Waals surface area contributed by atoms with Crippen LogP contribution in [0.25, 0.3) is 10.2 Å². The van der Waals surface area contributed by atoms with Crippen molar-refractivity contribution in [3.05, 3.63) is 22.8 Å². The molecule has 3 aliphatic rings. The maximum absolute atomic E-state index is 11.0. The number of aromatic nitrogens is 4. The first-order valence-electron chi connectivity index (χ1n) is 12.5. The van der Waals surface area contributed by atoms with Crippen molar-refractivity contribution in [3.63, 3.8) is 0 Å². The molecule has 11 heteroatoms. The standard InChI is InChI=1S/C24H31N7O3S/c32-20(33)14-31-13-16(12-25-31)27-24-28-22(21-18-2-1-3-19(18)35-23(21)29-24)26-15-4-6-17(7-5-15)30-8-10-34-11-9-30/h12-13,15,17H,1-11,14H2,(H,32,33)(H2,26,27,28,29). The lowest BCUT2D eigenvalue weighted by molar-refractivity contribution is -0.137. The van der Waals surface area contributed by atoms with Gasteiger partial charge >= 0.3 is 5.97 Å². The Morgan fingerprint density at radius 3 is 2.80 bits per heavy atom. The summed E-state index contributed by atoms with van der Waals surface area (Å²) in [4.78, 5) is 25.7. The molecule has 1 aliphatic heterocycles. The summed E-state index contributed by atoms with van der Waals surface area (Å²) in [5, 5.41) is 21.3. The topological polar surface area (TPSA) is 117 Å². The quantitative estimate of drug-likeness (QED) is 0.452. The minimum Gasteiger partial charge on any atom is -0.480 e. The van der Waals surface area contributed by atoms with Gasteiger partial charge in [-0.1, -0.05) is 0 Å². The van der Waals surface area contributed by atoms with Crippen LogP contribution in [0, 0.1) is 0 Å². The van der Waals surface area contributed by atoms with Gasteiger partial charge in [0.15, 0.2) is 0 Å². The zero-order chi connectivity index (χ0) is 23.8. The number of thiophene rings is 1. The molecule has 186 valence electrons. The number of hydrogen-bond acceptors (Lipinski definition) is 9. The molecule has 0 amide bonds. The maximum Gasteiger partial charge on any atom is 0.325 e. The molecule has 0 radical (unpaired) electrons. The average molecular weight is 498 g/mol. The minimum atomic E-state index is -0.930. The number of carboxylic acids is 1. The first-order chi connectivity index (χ1) is 17.1. The van der Waals surface area contributed by atoms with E-state index in [-0.39, 0.29) is 6.54 Å². The molecule has 4 heterocycles. The summed E-state index contributed by atoms with van der Waals surface area (Å²) < 4.78 is 6.91. The third kappa shape index (κ3) is 4.85. The lowest BCUT2D eigenvalue weighted by Crippen LogP contribution is -2.46. The molecule has 0 unspecified atom stereocenters. The van der Waals surface area contributed by atoms with Crippen molar-refractivity contribution in [1.82, 2.24) is 24.6 Å². The van der Waals surface area contributed by atoms with Crippen molar-refractivity contribution < 1.29 is 14.6 Å². The van der Waals surface area contributed by atoms with Gasteiger partial charge in [0, 0.05) is 36.2 Å².